The molecule has 0 bridgehead atoms. The lowest BCUT2D eigenvalue weighted by Gasteiger charge is -2.10. The average molecular weight is 422 g/mol. The molecule has 0 spiro atoms. The van der Waals surface area contributed by atoms with Crippen LogP contribution in [0.2, 0.25) is 0 Å². The first-order valence-electron chi connectivity index (χ1n) is 8.07. The standard InChI is InChI=1S/C19H20BrNO5/c1-3-18(22)21-14-5-7-15(8-6-14)26-19(23)13-4-9-17(16(20)12-13)25-11-10-24-2/h4-9,12H,3,10-11H2,1-2H3,(H,21,22). The Labute approximate surface area is 160 Å². The SMILES string of the molecule is CCC(=O)Nc1ccc(OC(=O)c2ccc(OCCOC)c(Br)c2)cc1. The first-order valence-corrected chi connectivity index (χ1v) is 8.86. The molecule has 2 aromatic rings. The van der Waals surface area contributed by atoms with Crippen LogP contribution in [0.3, 0.4) is 0 Å². The minimum absolute atomic E-state index is 0.0765. The van der Waals surface area contributed by atoms with E-state index >= 15 is 0 Å². The zero-order chi connectivity index (χ0) is 18.9. The van der Waals surface area contributed by atoms with E-state index in [4.69, 9.17) is 14.2 Å². The number of rotatable bonds is 8. The van der Waals surface area contributed by atoms with Gasteiger partial charge in [0.2, 0.25) is 5.91 Å². The Morgan fingerprint density at radius 3 is 2.42 bits per heavy atom. The molecule has 0 saturated heterocycles. The molecule has 0 fully saturated rings. The fourth-order valence-corrected chi connectivity index (χ4v) is 2.49. The number of methoxy groups -OCH3 is 1. The fourth-order valence-electron chi connectivity index (χ4n) is 2.00. The number of hydrogen-bond donors (Lipinski definition) is 1. The topological polar surface area (TPSA) is 73.9 Å². The maximum absolute atomic E-state index is 12.3. The summed E-state index contributed by atoms with van der Waals surface area (Å²) in [5.41, 5.74) is 1.04. The van der Waals surface area contributed by atoms with E-state index in [9.17, 15) is 9.59 Å². The zero-order valence-electron chi connectivity index (χ0n) is 14.6. The summed E-state index contributed by atoms with van der Waals surface area (Å²) >= 11 is 3.38. The van der Waals surface area contributed by atoms with E-state index in [1.165, 1.54) is 0 Å². The maximum atomic E-state index is 12.3. The highest BCUT2D eigenvalue weighted by atomic mass is 79.9. The van der Waals surface area contributed by atoms with E-state index in [2.05, 4.69) is 21.2 Å². The lowest BCUT2D eigenvalue weighted by molar-refractivity contribution is -0.115. The van der Waals surface area contributed by atoms with Crippen LogP contribution in [0.4, 0.5) is 5.69 Å². The molecule has 2 aromatic carbocycles. The smallest absolute Gasteiger partial charge is 0.343 e. The second kappa shape index (κ2) is 9.94. The molecule has 0 saturated carbocycles. The first-order chi connectivity index (χ1) is 12.5. The summed E-state index contributed by atoms with van der Waals surface area (Å²) in [6, 6.07) is 11.6. The average Bonchev–Trinajstić information content (AvgIpc) is 2.64. The number of nitrogens with one attached hydrogen (secondary N) is 1. The second-order valence-corrected chi connectivity index (χ2v) is 6.16. The minimum Gasteiger partial charge on any atom is -0.490 e. The van der Waals surface area contributed by atoms with Crippen molar-refractivity contribution < 1.29 is 23.8 Å². The lowest BCUT2D eigenvalue weighted by Crippen LogP contribution is -2.10. The molecule has 0 radical (unpaired) electrons. The van der Waals surface area contributed by atoms with Crippen LogP contribution in [0, 0.1) is 0 Å². The number of esters is 1. The molecule has 0 aromatic heterocycles. The molecule has 0 unspecified atom stereocenters. The highest BCUT2D eigenvalue weighted by Gasteiger charge is 2.12. The van der Waals surface area contributed by atoms with Crippen LogP contribution in [-0.4, -0.2) is 32.2 Å². The van der Waals surface area contributed by atoms with Crippen molar-refractivity contribution in [3.8, 4) is 11.5 Å². The van der Waals surface area contributed by atoms with Crippen LogP contribution in [0.5, 0.6) is 11.5 Å². The van der Waals surface area contributed by atoms with Gasteiger partial charge in [-0.15, -0.1) is 0 Å². The van der Waals surface area contributed by atoms with Crippen molar-refractivity contribution in [1.82, 2.24) is 0 Å². The van der Waals surface area contributed by atoms with Crippen molar-refractivity contribution in [3.63, 3.8) is 0 Å². The van der Waals surface area contributed by atoms with Gasteiger partial charge in [-0.05, 0) is 58.4 Å². The normalized spacial score (nSPS) is 10.3. The number of carbonyl (C=O) groups excluding carboxylic acids is 2. The van der Waals surface area contributed by atoms with Gasteiger partial charge in [0, 0.05) is 19.2 Å². The van der Waals surface area contributed by atoms with Crippen molar-refractivity contribution in [2.24, 2.45) is 0 Å². The molecule has 26 heavy (non-hydrogen) atoms. The Hall–Kier alpha value is -2.38. The molecule has 6 nitrogen and oxygen atoms in total. The molecule has 0 aliphatic heterocycles. The first kappa shape index (κ1) is 19.9. The number of ether oxygens (including phenoxy) is 3. The van der Waals surface area contributed by atoms with Crippen LogP contribution in [0.15, 0.2) is 46.9 Å². The maximum Gasteiger partial charge on any atom is 0.343 e. The van der Waals surface area contributed by atoms with Crippen LogP contribution < -0.4 is 14.8 Å². The van der Waals surface area contributed by atoms with Gasteiger partial charge < -0.3 is 19.5 Å². The van der Waals surface area contributed by atoms with Crippen molar-refractivity contribution in [1.29, 1.82) is 0 Å². The van der Waals surface area contributed by atoms with Crippen LogP contribution in [-0.2, 0) is 9.53 Å². The van der Waals surface area contributed by atoms with Gasteiger partial charge in [0.1, 0.15) is 18.1 Å². The van der Waals surface area contributed by atoms with Gasteiger partial charge in [-0.2, -0.15) is 0 Å². The zero-order valence-corrected chi connectivity index (χ0v) is 16.2. The molecule has 7 heteroatoms. The van der Waals surface area contributed by atoms with E-state index in [-0.39, 0.29) is 5.91 Å². The summed E-state index contributed by atoms with van der Waals surface area (Å²) in [7, 11) is 1.60. The number of halogens is 1. The number of carbonyl (C=O) groups is 2. The Kier molecular flexibility index (Phi) is 7.62. The molecule has 2 rings (SSSR count). The molecule has 138 valence electrons. The Morgan fingerprint density at radius 2 is 1.81 bits per heavy atom. The van der Waals surface area contributed by atoms with E-state index in [0.717, 1.165) is 0 Å². The van der Waals surface area contributed by atoms with Crippen molar-refractivity contribution in [2.75, 3.05) is 25.6 Å². The van der Waals surface area contributed by atoms with Crippen LogP contribution >= 0.6 is 15.9 Å². The van der Waals surface area contributed by atoms with Gasteiger partial charge >= 0.3 is 5.97 Å². The highest BCUT2D eigenvalue weighted by molar-refractivity contribution is 9.10. The summed E-state index contributed by atoms with van der Waals surface area (Å²) < 4.78 is 16.5. The summed E-state index contributed by atoms with van der Waals surface area (Å²) in [5.74, 6) is 0.447. The lowest BCUT2D eigenvalue weighted by atomic mass is 10.2. The van der Waals surface area contributed by atoms with Crippen molar-refractivity contribution in [3.05, 3.63) is 52.5 Å². The van der Waals surface area contributed by atoms with E-state index in [1.54, 1.807) is 56.5 Å². The molecular formula is C19H20BrNO5. The van der Waals surface area contributed by atoms with Crippen LogP contribution in [0.1, 0.15) is 23.7 Å². The molecule has 1 amide bonds. The summed E-state index contributed by atoms with van der Waals surface area (Å²) in [4.78, 5) is 23.6. The van der Waals surface area contributed by atoms with Gasteiger partial charge in [0.25, 0.3) is 0 Å². The number of amides is 1. The third kappa shape index (κ3) is 5.86. The summed E-state index contributed by atoms with van der Waals surface area (Å²) in [6.45, 7) is 2.67. The minimum atomic E-state index is -0.487. The molecular weight excluding hydrogens is 402 g/mol. The molecule has 0 atom stereocenters. The fraction of sp³-hybridized carbons (Fsp3) is 0.263. The van der Waals surface area contributed by atoms with Gasteiger partial charge in [-0.3, -0.25) is 4.79 Å². The van der Waals surface area contributed by atoms with Gasteiger partial charge in [-0.25, -0.2) is 4.79 Å². The monoisotopic (exact) mass is 421 g/mol. The quantitative estimate of drug-likeness (QED) is 0.395. The van der Waals surface area contributed by atoms with E-state index in [0.29, 0.717) is 46.9 Å². The third-order valence-corrected chi connectivity index (χ3v) is 4.00. The van der Waals surface area contributed by atoms with Crippen LogP contribution in [0.25, 0.3) is 0 Å². The summed E-state index contributed by atoms with van der Waals surface area (Å²) in [6.07, 6.45) is 0.400. The predicted molar refractivity (Wildman–Crippen MR) is 102 cm³/mol. The Bertz CT molecular complexity index is 761. The van der Waals surface area contributed by atoms with Crippen molar-refractivity contribution >= 4 is 33.5 Å². The number of benzene rings is 2. The van der Waals surface area contributed by atoms with Gasteiger partial charge in [-0.1, -0.05) is 6.92 Å². The predicted octanol–water partition coefficient (Wildman–Crippen LogP) is 4.04. The molecule has 0 aliphatic carbocycles. The Morgan fingerprint density at radius 1 is 1.08 bits per heavy atom. The summed E-state index contributed by atoms with van der Waals surface area (Å²) in [5, 5.41) is 2.73. The van der Waals surface area contributed by atoms with E-state index < -0.39 is 5.97 Å². The molecule has 0 heterocycles. The second-order valence-electron chi connectivity index (χ2n) is 5.30. The molecule has 0 aliphatic rings. The van der Waals surface area contributed by atoms with Crippen molar-refractivity contribution in [2.45, 2.75) is 13.3 Å². The Balaban J connectivity index is 1.98. The third-order valence-electron chi connectivity index (χ3n) is 3.38. The number of anilines is 1. The van der Waals surface area contributed by atoms with E-state index in [1.807, 2.05) is 0 Å². The number of hydrogen-bond acceptors (Lipinski definition) is 5. The van der Waals surface area contributed by atoms with Gasteiger partial charge in [0.05, 0.1) is 16.6 Å². The van der Waals surface area contributed by atoms with Gasteiger partial charge in [0.15, 0.2) is 0 Å². The highest BCUT2D eigenvalue weighted by Crippen LogP contribution is 2.27. The largest absolute Gasteiger partial charge is 0.490 e. The molecule has 1 N–H and O–H groups in total.